The molecule has 39 heavy (non-hydrogen) atoms. The lowest BCUT2D eigenvalue weighted by Gasteiger charge is -2.38. The smallest absolute Gasteiger partial charge is 0.309 e. The second-order valence-corrected chi connectivity index (χ2v) is 11.6. The molecule has 2 heterocycles. The van der Waals surface area contributed by atoms with Gasteiger partial charge < -0.3 is 19.8 Å². The zero-order chi connectivity index (χ0) is 28.5. The number of anilines is 1. The number of nitrogens with zero attached hydrogens (tertiary/aromatic N) is 2. The van der Waals surface area contributed by atoms with Gasteiger partial charge in [0.15, 0.2) is 0 Å². The van der Waals surface area contributed by atoms with Crippen LogP contribution in [0.5, 0.6) is 0 Å². The molecule has 1 radical (unpaired) electrons. The maximum atomic E-state index is 14.7. The Morgan fingerprint density at radius 3 is 2.59 bits per heavy atom. The summed E-state index contributed by atoms with van der Waals surface area (Å²) in [6, 6.07) is 5.07. The summed E-state index contributed by atoms with van der Waals surface area (Å²) in [5.41, 5.74) is 2.39. The van der Waals surface area contributed by atoms with E-state index in [0.29, 0.717) is 12.3 Å². The van der Waals surface area contributed by atoms with Gasteiger partial charge in [-0.25, -0.2) is 4.39 Å². The van der Waals surface area contributed by atoms with Gasteiger partial charge in [-0.2, -0.15) is 0 Å². The number of piperazine rings is 1. The number of carbonyl (C=O) groups excluding carboxylic acids is 1. The zero-order valence-corrected chi connectivity index (χ0v) is 24.4. The number of aliphatic hydroxyl groups is 2. The summed E-state index contributed by atoms with van der Waals surface area (Å²) in [4.78, 5) is 17.2. The summed E-state index contributed by atoms with van der Waals surface area (Å²) in [5.74, 6) is -0.269. The van der Waals surface area contributed by atoms with Crippen LogP contribution in [0, 0.1) is 30.0 Å². The fraction of sp³-hybridized carbons (Fsp3) is 0.625. The van der Waals surface area contributed by atoms with Gasteiger partial charge in [-0.3, -0.25) is 9.69 Å². The van der Waals surface area contributed by atoms with Crippen molar-refractivity contribution in [2.24, 2.45) is 17.8 Å². The van der Waals surface area contributed by atoms with Crippen LogP contribution in [-0.4, -0.2) is 72.1 Å². The van der Waals surface area contributed by atoms with Crippen LogP contribution >= 0.6 is 0 Å². The Hall–Kier alpha value is -2.22. The average Bonchev–Trinajstić information content (AvgIpc) is 2.89. The largest absolute Gasteiger partial charge is 0.457 e. The van der Waals surface area contributed by atoms with E-state index < -0.39 is 18.2 Å². The number of carbonyl (C=O) groups is 1. The molecule has 217 valence electrons. The SMILES string of the molecule is CC[C@@H](O)[C@@H](C)CN1CCN(c2cc(F)cc(/C=C(\C)[C@H]3OC(=O)C[C@@H](O)CC[C@H](C)[CH]/C=C/[C@@H]3C)c2)CC1. The van der Waals surface area contributed by atoms with Crippen LogP contribution < -0.4 is 4.90 Å². The third-order valence-electron chi connectivity index (χ3n) is 8.05. The van der Waals surface area contributed by atoms with Crippen LogP contribution in [0.2, 0.25) is 0 Å². The van der Waals surface area contributed by atoms with Crippen molar-refractivity contribution in [3.63, 3.8) is 0 Å². The summed E-state index contributed by atoms with van der Waals surface area (Å²) in [5, 5.41) is 20.4. The fourth-order valence-electron chi connectivity index (χ4n) is 5.51. The number of benzene rings is 1. The Kier molecular flexibility index (Phi) is 12.0. The minimum absolute atomic E-state index is 0.0286. The van der Waals surface area contributed by atoms with E-state index in [1.807, 2.05) is 45.1 Å². The fourth-order valence-corrected chi connectivity index (χ4v) is 5.51. The number of halogens is 1. The topological polar surface area (TPSA) is 73.2 Å². The van der Waals surface area contributed by atoms with Gasteiger partial charge in [0.05, 0.1) is 18.6 Å². The summed E-state index contributed by atoms with van der Waals surface area (Å²) in [7, 11) is 0. The van der Waals surface area contributed by atoms with E-state index in [9.17, 15) is 19.4 Å². The summed E-state index contributed by atoms with van der Waals surface area (Å²) in [6.45, 7) is 14.3. The summed E-state index contributed by atoms with van der Waals surface area (Å²) >= 11 is 0. The number of cyclic esters (lactones) is 1. The molecule has 0 bridgehead atoms. The van der Waals surface area contributed by atoms with Crippen molar-refractivity contribution in [1.82, 2.24) is 4.90 Å². The van der Waals surface area contributed by atoms with Gasteiger partial charge in [-0.15, -0.1) is 0 Å². The van der Waals surface area contributed by atoms with Gasteiger partial charge in [0.25, 0.3) is 0 Å². The molecule has 1 aromatic rings. The van der Waals surface area contributed by atoms with Crippen molar-refractivity contribution in [2.75, 3.05) is 37.6 Å². The molecule has 2 N–H and O–H groups in total. The molecular weight excluding hydrogens is 495 g/mol. The van der Waals surface area contributed by atoms with Crippen molar-refractivity contribution in [3.8, 4) is 0 Å². The lowest BCUT2D eigenvalue weighted by molar-refractivity contribution is -0.151. The first-order valence-corrected chi connectivity index (χ1v) is 14.6. The number of hydrogen-bond acceptors (Lipinski definition) is 6. The van der Waals surface area contributed by atoms with Gasteiger partial charge in [0.2, 0.25) is 0 Å². The van der Waals surface area contributed by atoms with Crippen LogP contribution in [0.25, 0.3) is 6.08 Å². The Morgan fingerprint density at radius 2 is 1.90 bits per heavy atom. The molecule has 1 fully saturated rings. The molecular formula is C32H48FN2O4. The summed E-state index contributed by atoms with van der Waals surface area (Å²) in [6.07, 6.45) is 8.65. The standard InChI is InChI=1S/C32H48FN2O4/c1-6-30(37)25(5)21-34-12-14-35(15-13-34)28-18-26(17-27(33)19-28)16-24(4)32-23(3)9-7-8-22(2)10-11-29(36)20-31(38)39-32/h7-9,16-19,22-23,25,29-30,32,36-37H,6,10-15,20-21H2,1-5H3/b9-7+,24-16+/t22-,23+,25+,29+,30-,32+/m1/s1. The van der Waals surface area contributed by atoms with E-state index in [0.717, 1.165) is 62.4 Å². The summed E-state index contributed by atoms with van der Waals surface area (Å²) < 4.78 is 20.6. The maximum Gasteiger partial charge on any atom is 0.309 e. The average molecular weight is 544 g/mol. The lowest BCUT2D eigenvalue weighted by atomic mass is 9.93. The molecule has 3 rings (SSSR count). The Labute approximate surface area is 234 Å². The van der Waals surface area contributed by atoms with Crippen molar-refractivity contribution in [2.45, 2.75) is 78.6 Å². The van der Waals surface area contributed by atoms with E-state index >= 15 is 0 Å². The van der Waals surface area contributed by atoms with Crippen LogP contribution in [0.1, 0.15) is 65.9 Å². The molecule has 6 atom stereocenters. The minimum Gasteiger partial charge on any atom is -0.457 e. The highest BCUT2D eigenvalue weighted by molar-refractivity contribution is 5.71. The molecule has 6 nitrogen and oxygen atoms in total. The molecule has 1 saturated heterocycles. The first-order chi connectivity index (χ1) is 18.5. The van der Waals surface area contributed by atoms with E-state index in [1.165, 1.54) is 6.07 Å². The van der Waals surface area contributed by atoms with Crippen molar-refractivity contribution < 1.29 is 24.1 Å². The van der Waals surface area contributed by atoms with E-state index in [-0.39, 0.29) is 30.2 Å². The molecule has 2 aliphatic heterocycles. The van der Waals surface area contributed by atoms with E-state index in [2.05, 4.69) is 30.1 Å². The number of rotatable bonds is 7. The van der Waals surface area contributed by atoms with Gasteiger partial charge >= 0.3 is 5.97 Å². The van der Waals surface area contributed by atoms with Gasteiger partial charge in [-0.05, 0) is 73.8 Å². The second-order valence-electron chi connectivity index (χ2n) is 11.6. The number of hydrogen-bond donors (Lipinski definition) is 2. The first kappa shape index (κ1) is 31.3. The van der Waals surface area contributed by atoms with Gasteiger partial charge in [0, 0.05) is 44.3 Å². The molecule has 0 saturated carbocycles. The predicted octanol–water partition coefficient (Wildman–Crippen LogP) is 5.25. The predicted molar refractivity (Wildman–Crippen MR) is 156 cm³/mol. The highest BCUT2D eigenvalue weighted by atomic mass is 19.1. The third-order valence-corrected chi connectivity index (χ3v) is 8.05. The second kappa shape index (κ2) is 15.0. The van der Waals surface area contributed by atoms with E-state index in [1.54, 1.807) is 6.07 Å². The van der Waals surface area contributed by atoms with E-state index in [4.69, 9.17) is 4.74 Å². The van der Waals surface area contributed by atoms with Crippen molar-refractivity contribution in [1.29, 1.82) is 0 Å². The normalized spacial score (nSPS) is 28.7. The Balaban J connectivity index is 1.74. The highest BCUT2D eigenvalue weighted by Crippen LogP contribution is 2.27. The van der Waals surface area contributed by atoms with Crippen molar-refractivity contribution >= 4 is 17.7 Å². The maximum absolute atomic E-state index is 14.7. The quantitative estimate of drug-likeness (QED) is 0.458. The van der Waals surface area contributed by atoms with Crippen molar-refractivity contribution in [3.05, 3.63) is 53.7 Å². The number of esters is 1. The Morgan fingerprint density at radius 1 is 1.18 bits per heavy atom. The van der Waals surface area contributed by atoms with Crippen LogP contribution in [0.15, 0.2) is 35.9 Å². The third kappa shape index (κ3) is 9.73. The number of ether oxygens (including phenoxy) is 1. The van der Waals surface area contributed by atoms with Crippen LogP contribution in [-0.2, 0) is 9.53 Å². The highest BCUT2D eigenvalue weighted by Gasteiger charge is 2.25. The molecule has 0 aromatic heterocycles. The first-order valence-electron chi connectivity index (χ1n) is 14.6. The lowest BCUT2D eigenvalue weighted by Crippen LogP contribution is -2.48. The van der Waals surface area contributed by atoms with Gasteiger partial charge in [-0.1, -0.05) is 45.9 Å². The Bertz CT molecular complexity index is 988. The molecule has 2 aliphatic rings. The molecule has 0 unspecified atom stereocenters. The van der Waals surface area contributed by atoms with Gasteiger partial charge in [0.1, 0.15) is 11.9 Å². The molecule has 0 aliphatic carbocycles. The zero-order valence-electron chi connectivity index (χ0n) is 24.4. The molecule has 1 aromatic carbocycles. The van der Waals surface area contributed by atoms with Crippen LogP contribution in [0.3, 0.4) is 0 Å². The molecule has 0 spiro atoms. The molecule has 0 amide bonds. The number of allylic oxidation sites excluding steroid dienone is 1. The number of aliphatic hydroxyl groups excluding tert-OH is 2. The minimum atomic E-state index is -0.719. The van der Waals surface area contributed by atoms with Crippen LogP contribution in [0.4, 0.5) is 10.1 Å². The molecule has 7 heteroatoms. The monoisotopic (exact) mass is 543 g/mol.